The summed E-state index contributed by atoms with van der Waals surface area (Å²) in [6, 6.07) is 13.8. The Kier molecular flexibility index (Phi) is 7.51. The quantitative estimate of drug-likeness (QED) is 0.653. The number of hydrogen-bond acceptors (Lipinski definition) is 4. The highest BCUT2D eigenvalue weighted by Crippen LogP contribution is 2.25. The molecule has 1 heterocycles. The van der Waals surface area contributed by atoms with Gasteiger partial charge in [-0.1, -0.05) is 30.3 Å². The molecule has 0 spiro atoms. The Labute approximate surface area is 177 Å². The van der Waals surface area contributed by atoms with E-state index in [1.54, 1.807) is 47.4 Å². The van der Waals surface area contributed by atoms with Crippen LogP contribution in [0.2, 0.25) is 0 Å². The van der Waals surface area contributed by atoms with Crippen molar-refractivity contribution in [1.82, 2.24) is 5.32 Å². The molecule has 166 valence electrons. The molecule has 0 atom stereocenters. The highest BCUT2D eigenvalue weighted by Gasteiger charge is 2.27. The maximum Gasteiger partial charge on any atom is 0.411 e. The van der Waals surface area contributed by atoms with Gasteiger partial charge in [0.05, 0.1) is 6.61 Å². The molecule has 1 fully saturated rings. The standard InChI is InChI=1S/C22H23F3N2O4/c23-22(24,25)15-30-13-17-8-6-16(7-9-17)12-26-20(28)14-31-19-4-1-3-18(11-19)27-10-2-5-21(27)29/h1,3-4,6-9,11H,2,5,10,12-15H2,(H,26,28). The van der Waals surface area contributed by atoms with Gasteiger partial charge < -0.3 is 19.7 Å². The van der Waals surface area contributed by atoms with Crippen molar-refractivity contribution in [1.29, 1.82) is 0 Å². The van der Waals surface area contributed by atoms with Gasteiger partial charge in [-0.15, -0.1) is 0 Å². The second-order valence-electron chi connectivity index (χ2n) is 7.14. The number of nitrogens with zero attached hydrogens (tertiary/aromatic N) is 1. The number of nitrogens with one attached hydrogen (secondary N) is 1. The monoisotopic (exact) mass is 436 g/mol. The number of benzene rings is 2. The number of anilines is 1. The van der Waals surface area contributed by atoms with Gasteiger partial charge in [0.15, 0.2) is 6.61 Å². The molecule has 0 aliphatic carbocycles. The molecule has 0 radical (unpaired) electrons. The van der Waals surface area contributed by atoms with Crippen LogP contribution in [-0.4, -0.2) is 37.7 Å². The highest BCUT2D eigenvalue weighted by atomic mass is 19.4. The number of carbonyl (C=O) groups is 2. The minimum atomic E-state index is -4.35. The summed E-state index contributed by atoms with van der Waals surface area (Å²) >= 11 is 0. The first-order valence-corrected chi connectivity index (χ1v) is 9.82. The first kappa shape index (κ1) is 22.6. The maximum absolute atomic E-state index is 12.1. The van der Waals surface area contributed by atoms with Crippen molar-refractivity contribution < 1.29 is 32.2 Å². The van der Waals surface area contributed by atoms with Gasteiger partial charge in [0.25, 0.3) is 5.91 Å². The molecule has 2 aromatic rings. The molecule has 0 aromatic heterocycles. The first-order chi connectivity index (χ1) is 14.8. The van der Waals surface area contributed by atoms with Crippen molar-refractivity contribution in [3.8, 4) is 5.75 Å². The average molecular weight is 436 g/mol. The Balaban J connectivity index is 1.41. The molecule has 0 unspecified atom stereocenters. The lowest BCUT2D eigenvalue weighted by molar-refractivity contribution is -0.176. The van der Waals surface area contributed by atoms with Crippen molar-refractivity contribution in [3.05, 3.63) is 59.7 Å². The summed E-state index contributed by atoms with van der Waals surface area (Å²) in [7, 11) is 0. The molecule has 2 aromatic carbocycles. The van der Waals surface area contributed by atoms with E-state index >= 15 is 0 Å². The Morgan fingerprint density at radius 1 is 1.10 bits per heavy atom. The van der Waals surface area contributed by atoms with Crippen LogP contribution in [0.4, 0.5) is 18.9 Å². The number of hydrogen-bond donors (Lipinski definition) is 1. The summed E-state index contributed by atoms with van der Waals surface area (Å²) in [5, 5.41) is 2.72. The van der Waals surface area contributed by atoms with Gasteiger partial charge in [-0.3, -0.25) is 9.59 Å². The van der Waals surface area contributed by atoms with Crippen LogP contribution in [-0.2, 0) is 27.5 Å². The predicted octanol–water partition coefficient (Wildman–Crippen LogP) is 3.59. The van der Waals surface area contributed by atoms with E-state index in [-0.39, 0.29) is 31.6 Å². The topological polar surface area (TPSA) is 67.9 Å². The van der Waals surface area contributed by atoms with E-state index in [9.17, 15) is 22.8 Å². The minimum absolute atomic E-state index is 0.0767. The number of halogens is 3. The largest absolute Gasteiger partial charge is 0.484 e. The number of amides is 2. The van der Waals surface area contributed by atoms with Crippen LogP contribution in [0.25, 0.3) is 0 Å². The maximum atomic E-state index is 12.1. The lowest BCUT2D eigenvalue weighted by Crippen LogP contribution is -2.28. The zero-order valence-corrected chi connectivity index (χ0v) is 16.8. The number of alkyl halides is 3. The Hall–Kier alpha value is -3.07. The Morgan fingerprint density at radius 2 is 1.84 bits per heavy atom. The molecule has 1 saturated heterocycles. The van der Waals surface area contributed by atoms with Gasteiger partial charge in [-0.25, -0.2) is 0 Å². The van der Waals surface area contributed by atoms with Crippen molar-refractivity contribution >= 4 is 17.5 Å². The van der Waals surface area contributed by atoms with E-state index < -0.39 is 12.8 Å². The molecule has 1 N–H and O–H groups in total. The van der Waals surface area contributed by atoms with Gasteiger partial charge in [0.1, 0.15) is 12.4 Å². The van der Waals surface area contributed by atoms with Crippen molar-refractivity contribution in [2.45, 2.75) is 32.2 Å². The lowest BCUT2D eigenvalue weighted by atomic mass is 10.1. The number of carbonyl (C=O) groups excluding carboxylic acids is 2. The first-order valence-electron chi connectivity index (χ1n) is 9.82. The molecule has 2 amide bonds. The summed E-state index contributed by atoms with van der Waals surface area (Å²) in [4.78, 5) is 25.6. The molecule has 0 bridgehead atoms. The van der Waals surface area contributed by atoms with E-state index in [0.717, 1.165) is 17.7 Å². The third-order valence-corrected chi connectivity index (χ3v) is 4.62. The normalized spacial score (nSPS) is 14.0. The predicted molar refractivity (Wildman–Crippen MR) is 108 cm³/mol. The van der Waals surface area contributed by atoms with E-state index in [1.807, 2.05) is 6.07 Å². The van der Waals surface area contributed by atoms with Crippen LogP contribution in [0.15, 0.2) is 48.5 Å². The van der Waals surface area contributed by atoms with E-state index in [2.05, 4.69) is 10.1 Å². The number of ether oxygens (including phenoxy) is 2. The van der Waals surface area contributed by atoms with Crippen LogP contribution in [0, 0.1) is 0 Å². The van der Waals surface area contributed by atoms with Crippen LogP contribution in [0.3, 0.4) is 0 Å². The van der Waals surface area contributed by atoms with E-state index in [0.29, 0.717) is 24.3 Å². The molecule has 0 saturated carbocycles. The van der Waals surface area contributed by atoms with Gasteiger partial charge >= 0.3 is 6.18 Å². The summed E-state index contributed by atoms with van der Waals surface area (Å²) in [6.45, 7) is -0.672. The van der Waals surface area contributed by atoms with Crippen molar-refractivity contribution in [2.75, 3.05) is 24.7 Å². The van der Waals surface area contributed by atoms with Crippen molar-refractivity contribution in [3.63, 3.8) is 0 Å². The molecule has 9 heteroatoms. The highest BCUT2D eigenvalue weighted by molar-refractivity contribution is 5.95. The molecule has 3 rings (SSSR count). The van der Waals surface area contributed by atoms with Crippen LogP contribution in [0.1, 0.15) is 24.0 Å². The van der Waals surface area contributed by atoms with Crippen LogP contribution in [0.5, 0.6) is 5.75 Å². The fourth-order valence-corrected chi connectivity index (χ4v) is 3.10. The summed E-state index contributed by atoms with van der Waals surface area (Å²) in [5.74, 6) is 0.253. The minimum Gasteiger partial charge on any atom is -0.484 e. The average Bonchev–Trinajstić information content (AvgIpc) is 3.17. The second-order valence-corrected chi connectivity index (χ2v) is 7.14. The van der Waals surface area contributed by atoms with Crippen molar-refractivity contribution in [2.24, 2.45) is 0 Å². The lowest BCUT2D eigenvalue weighted by Gasteiger charge is -2.16. The van der Waals surface area contributed by atoms with Crippen LogP contribution < -0.4 is 15.0 Å². The smallest absolute Gasteiger partial charge is 0.411 e. The number of rotatable bonds is 9. The van der Waals surface area contributed by atoms with Gasteiger partial charge in [-0.2, -0.15) is 13.2 Å². The molecule has 1 aliphatic rings. The molecule has 1 aliphatic heterocycles. The Morgan fingerprint density at radius 3 is 2.52 bits per heavy atom. The van der Waals surface area contributed by atoms with E-state index in [1.165, 1.54) is 0 Å². The summed E-state index contributed by atoms with van der Waals surface area (Å²) in [5.41, 5.74) is 2.15. The third kappa shape index (κ3) is 7.29. The summed E-state index contributed by atoms with van der Waals surface area (Å²) < 4.78 is 46.4. The van der Waals surface area contributed by atoms with Gasteiger partial charge in [0, 0.05) is 31.3 Å². The molecule has 6 nitrogen and oxygen atoms in total. The fraction of sp³-hybridized carbons (Fsp3) is 0.364. The van der Waals surface area contributed by atoms with Gasteiger partial charge in [0.2, 0.25) is 5.91 Å². The van der Waals surface area contributed by atoms with E-state index in [4.69, 9.17) is 4.74 Å². The molecular formula is C22H23F3N2O4. The molecular weight excluding hydrogens is 413 g/mol. The third-order valence-electron chi connectivity index (χ3n) is 4.62. The Bertz CT molecular complexity index is 900. The fourth-order valence-electron chi connectivity index (χ4n) is 3.10. The summed E-state index contributed by atoms with van der Waals surface area (Å²) in [6.07, 6.45) is -2.98. The van der Waals surface area contributed by atoms with Crippen LogP contribution >= 0.6 is 0 Å². The zero-order chi connectivity index (χ0) is 22.3. The second kappa shape index (κ2) is 10.3. The molecule has 31 heavy (non-hydrogen) atoms. The zero-order valence-electron chi connectivity index (χ0n) is 16.8. The van der Waals surface area contributed by atoms with Gasteiger partial charge in [-0.05, 0) is 29.7 Å². The SMILES string of the molecule is O=C(COc1cccc(N2CCCC2=O)c1)NCc1ccc(COCC(F)(F)F)cc1.